The molecular formula is C19H21N5O3S. The molecule has 2 heterocycles. The van der Waals surface area contributed by atoms with E-state index in [-0.39, 0.29) is 12.5 Å². The molecule has 0 aliphatic heterocycles. The highest BCUT2D eigenvalue weighted by atomic mass is 32.2. The summed E-state index contributed by atoms with van der Waals surface area (Å²) in [6.07, 6.45) is 3.23. The van der Waals surface area contributed by atoms with Crippen molar-refractivity contribution in [3.05, 3.63) is 54.1 Å². The second kappa shape index (κ2) is 9.23. The number of methoxy groups -OCH3 is 1. The SMILES string of the molecule is COc1cnc(CSc2nncn2C)cc1OCC(=O)Nc1ccccc1C. The van der Waals surface area contributed by atoms with Crippen LogP contribution in [-0.2, 0) is 17.6 Å². The van der Waals surface area contributed by atoms with Gasteiger partial charge in [0.2, 0.25) is 0 Å². The van der Waals surface area contributed by atoms with E-state index in [1.54, 1.807) is 18.6 Å². The molecule has 0 aliphatic rings. The Balaban J connectivity index is 1.62. The molecular weight excluding hydrogens is 378 g/mol. The van der Waals surface area contributed by atoms with Crippen molar-refractivity contribution in [2.75, 3.05) is 19.0 Å². The number of carbonyl (C=O) groups excluding carboxylic acids is 1. The van der Waals surface area contributed by atoms with Crippen LogP contribution in [-0.4, -0.2) is 39.4 Å². The number of hydrogen-bond acceptors (Lipinski definition) is 7. The lowest BCUT2D eigenvalue weighted by atomic mass is 10.2. The minimum atomic E-state index is -0.247. The Morgan fingerprint density at radius 2 is 2.11 bits per heavy atom. The van der Waals surface area contributed by atoms with Crippen LogP contribution < -0.4 is 14.8 Å². The lowest BCUT2D eigenvalue weighted by Gasteiger charge is -2.12. The molecule has 0 radical (unpaired) electrons. The molecule has 1 amide bonds. The van der Waals surface area contributed by atoms with Crippen LogP contribution in [0.25, 0.3) is 0 Å². The highest BCUT2D eigenvalue weighted by Crippen LogP contribution is 2.29. The Morgan fingerprint density at radius 3 is 2.82 bits per heavy atom. The first-order valence-corrected chi connectivity index (χ1v) is 9.53. The van der Waals surface area contributed by atoms with Crippen LogP contribution in [0.3, 0.4) is 0 Å². The molecule has 28 heavy (non-hydrogen) atoms. The van der Waals surface area contributed by atoms with Gasteiger partial charge in [0.25, 0.3) is 5.91 Å². The maximum Gasteiger partial charge on any atom is 0.262 e. The van der Waals surface area contributed by atoms with Gasteiger partial charge in [-0.2, -0.15) is 0 Å². The molecule has 1 N–H and O–H groups in total. The summed E-state index contributed by atoms with van der Waals surface area (Å²) in [6.45, 7) is 1.80. The van der Waals surface area contributed by atoms with Gasteiger partial charge in [-0.1, -0.05) is 30.0 Å². The molecule has 0 unspecified atom stereocenters. The fourth-order valence-corrected chi connectivity index (χ4v) is 3.18. The monoisotopic (exact) mass is 399 g/mol. The van der Waals surface area contributed by atoms with Crippen LogP contribution in [0.5, 0.6) is 11.5 Å². The number of benzene rings is 1. The summed E-state index contributed by atoms with van der Waals surface area (Å²) in [5, 5.41) is 11.5. The minimum absolute atomic E-state index is 0.134. The largest absolute Gasteiger partial charge is 0.491 e. The second-order valence-electron chi connectivity index (χ2n) is 5.99. The molecule has 3 rings (SSSR count). The predicted octanol–water partition coefficient (Wildman–Crippen LogP) is 2.84. The molecule has 0 saturated carbocycles. The molecule has 0 saturated heterocycles. The van der Waals surface area contributed by atoms with E-state index in [1.807, 2.05) is 42.8 Å². The van der Waals surface area contributed by atoms with E-state index in [0.29, 0.717) is 17.3 Å². The van der Waals surface area contributed by atoms with E-state index in [1.165, 1.54) is 18.9 Å². The van der Waals surface area contributed by atoms with Gasteiger partial charge in [-0.05, 0) is 18.6 Å². The number of aromatic nitrogens is 4. The number of aryl methyl sites for hydroxylation is 2. The Morgan fingerprint density at radius 1 is 1.29 bits per heavy atom. The van der Waals surface area contributed by atoms with Gasteiger partial charge in [-0.15, -0.1) is 10.2 Å². The Bertz CT molecular complexity index is 960. The van der Waals surface area contributed by atoms with Gasteiger partial charge >= 0.3 is 0 Å². The zero-order chi connectivity index (χ0) is 19.9. The Hall–Kier alpha value is -3.07. The van der Waals surface area contributed by atoms with Crippen LogP contribution in [0.4, 0.5) is 5.69 Å². The highest BCUT2D eigenvalue weighted by Gasteiger charge is 2.12. The third-order valence-corrected chi connectivity index (χ3v) is 4.97. The van der Waals surface area contributed by atoms with Crippen LogP contribution in [0.15, 0.2) is 48.0 Å². The van der Waals surface area contributed by atoms with E-state index in [9.17, 15) is 4.79 Å². The number of ether oxygens (including phenoxy) is 2. The second-order valence-corrected chi connectivity index (χ2v) is 6.93. The fourth-order valence-electron chi connectivity index (χ4n) is 2.39. The molecule has 3 aromatic rings. The number of pyridine rings is 1. The summed E-state index contributed by atoms with van der Waals surface area (Å²) >= 11 is 1.51. The first-order chi connectivity index (χ1) is 13.6. The molecule has 0 bridgehead atoms. The smallest absolute Gasteiger partial charge is 0.262 e. The van der Waals surface area contributed by atoms with Crippen molar-refractivity contribution in [1.82, 2.24) is 19.7 Å². The first-order valence-electron chi connectivity index (χ1n) is 8.55. The number of anilines is 1. The number of amides is 1. The number of hydrogen-bond donors (Lipinski definition) is 1. The van der Waals surface area contributed by atoms with Crippen molar-refractivity contribution >= 4 is 23.4 Å². The summed E-state index contributed by atoms with van der Waals surface area (Å²) in [5.74, 6) is 1.27. The van der Waals surface area contributed by atoms with Gasteiger partial charge in [0.05, 0.1) is 19.0 Å². The average molecular weight is 399 g/mol. The van der Waals surface area contributed by atoms with Crippen molar-refractivity contribution in [2.24, 2.45) is 7.05 Å². The van der Waals surface area contributed by atoms with Gasteiger partial charge < -0.3 is 19.4 Å². The molecule has 0 atom stereocenters. The number of para-hydroxylation sites is 1. The fraction of sp³-hybridized carbons (Fsp3) is 0.263. The van der Waals surface area contributed by atoms with Crippen molar-refractivity contribution in [3.63, 3.8) is 0 Å². The maximum absolute atomic E-state index is 12.2. The standard InChI is InChI=1S/C19H21N5O3S/c1-13-6-4-5-7-15(13)22-18(25)10-27-16-8-14(20-9-17(16)26-3)11-28-19-23-21-12-24(19)2/h4-9,12H,10-11H2,1-3H3,(H,22,25). The zero-order valence-corrected chi connectivity index (χ0v) is 16.7. The van der Waals surface area contributed by atoms with E-state index in [2.05, 4.69) is 20.5 Å². The van der Waals surface area contributed by atoms with E-state index >= 15 is 0 Å². The van der Waals surface area contributed by atoms with Crippen LogP contribution >= 0.6 is 11.8 Å². The van der Waals surface area contributed by atoms with E-state index in [4.69, 9.17) is 9.47 Å². The van der Waals surface area contributed by atoms with E-state index < -0.39 is 0 Å². The third kappa shape index (κ3) is 5.01. The summed E-state index contributed by atoms with van der Waals surface area (Å²) in [5.41, 5.74) is 2.53. The lowest BCUT2D eigenvalue weighted by Crippen LogP contribution is -2.20. The quantitative estimate of drug-likeness (QED) is 0.582. The molecule has 0 spiro atoms. The molecule has 9 heteroatoms. The number of carbonyl (C=O) groups is 1. The number of thioether (sulfide) groups is 1. The average Bonchev–Trinajstić information content (AvgIpc) is 3.11. The predicted molar refractivity (Wildman–Crippen MR) is 107 cm³/mol. The summed E-state index contributed by atoms with van der Waals surface area (Å²) in [4.78, 5) is 16.6. The van der Waals surface area contributed by atoms with Crippen LogP contribution in [0.1, 0.15) is 11.3 Å². The number of rotatable bonds is 8. The highest BCUT2D eigenvalue weighted by molar-refractivity contribution is 7.98. The molecule has 1 aromatic carbocycles. The Labute approximate surface area is 167 Å². The van der Waals surface area contributed by atoms with Crippen molar-refractivity contribution in [3.8, 4) is 11.5 Å². The van der Waals surface area contributed by atoms with Gasteiger partial charge in [-0.25, -0.2) is 0 Å². The van der Waals surface area contributed by atoms with Crippen molar-refractivity contribution in [1.29, 1.82) is 0 Å². The first kappa shape index (κ1) is 19.7. The number of nitrogens with zero attached hydrogens (tertiary/aromatic N) is 4. The molecule has 0 aliphatic carbocycles. The molecule has 146 valence electrons. The Kier molecular flexibility index (Phi) is 6.49. The number of nitrogens with one attached hydrogen (secondary N) is 1. The zero-order valence-electron chi connectivity index (χ0n) is 15.9. The van der Waals surface area contributed by atoms with Gasteiger partial charge in [-0.3, -0.25) is 9.78 Å². The van der Waals surface area contributed by atoms with Crippen LogP contribution in [0, 0.1) is 6.92 Å². The van der Waals surface area contributed by atoms with Crippen LogP contribution in [0.2, 0.25) is 0 Å². The maximum atomic E-state index is 12.2. The molecule has 8 nitrogen and oxygen atoms in total. The van der Waals surface area contributed by atoms with Gasteiger partial charge in [0.15, 0.2) is 23.3 Å². The van der Waals surface area contributed by atoms with Crippen molar-refractivity contribution in [2.45, 2.75) is 17.8 Å². The third-order valence-electron chi connectivity index (χ3n) is 3.91. The topological polar surface area (TPSA) is 91.2 Å². The van der Waals surface area contributed by atoms with Crippen molar-refractivity contribution < 1.29 is 14.3 Å². The normalized spacial score (nSPS) is 10.5. The summed E-state index contributed by atoms with van der Waals surface area (Å²) in [6, 6.07) is 9.34. The molecule has 0 fully saturated rings. The summed E-state index contributed by atoms with van der Waals surface area (Å²) < 4.78 is 12.8. The minimum Gasteiger partial charge on any atom is -0.491 e. The van der Waals surface area contributed by atoms with Gasteiger partial charge in [0.1, 0.15) is 6.33 Å². The molecule has 2 aromatic heterocycles. The lowest BCUT2D eigenvalue weighted by molar-refractivity contribution is -0.118. The van der Waals surface area contributed by atoms with Gasteiger partial charge in [0, 0.05) is 24.6 Å². The summed E-state index contributed by atoms with van der Waals surface area (Å²) in [7, 11) is 3.41. The van der Waals surface area contributed by atoms with E-state index in [0.717, 1.165) is 22.1 Å².